The highest BCUT2D eigenvalue weighted by atomic mass is 127. The fourth-order valence-electron chi connectivity index (χ4n) is 1.93. The molecule has 0 amide bonds. The zero-order chi connectivity index (χ0) is 13.9. The fourth-order valence-corrected chi connectivity index (χ4v) is 1.93. The number of nitrogens with one attached hydrogen (secondary N) is 2. The maximum Gasteiger partial charge on any atom is 0.191 e. The van der Waals surface area contributed by atoms with Crippen LogP contribution in [0, 0.1) is 5.92 Å². The average Bonchev–Trinajstić information content (AvgIpc) is 2.93. The van der Waals surface area contributed by atoms with Crippen LogP contribution in [0.25, 0.3) is 0 Å². The van der Waals surface area contributed by atoms with Crippen molar-refractivity contribution in [2.45, 2.75) is 40.2 Å². The molecule has 20 heavy (non-hydrogen) atoms. The highest BCUT2D eigenvalue weighted by molar-refractivity contribution is 14.0. The van der Waals surface area contributed by atoms with Gasteiger partial charge in [0, 0.05) is 38.6 Å². The predicted octanol–water partition coefficient (Wildman–Crippen LogP) is 3.10. The fraction of sp³-hybridized carbons (Fsp3) is 0.667. The Kier molecular flexibility index (Phi) is 11.6. The van der Waals surface area contributed by atoms with Crippen molar-refractivity contribution in [2.75, 3.05) is 19.6 Å². The second-order valence-electron chi connectivity index (χ2n) is 4.75. The molecule has 1 aromatic rings. The van der Waals surface area contributed by atoms with Gasteiger partial charge in [-0.25, -0.2) is 0 Å². The molecule has 0 unspecified atom stereocenters. The summed E-state index contributed by atoms with van der Waals surface area (Å²) in [6.07, 6.45) is 6.55. The van der Waals surface area contributed by atoms with Crippen LogP contribution in [0.4, 0.5) is 0 Å². The van der Waals surface area contributed by atoms with Crippen LogP contribution in [-0.4, -0.2) is 30.2 Å². The number of aromatic nitrogens is 1. The molecular formula is C15H29IN4. The summed E-state index contributed by atoms with van der Waals surface area (Å²) in [5, 5.41) is 6.68. The third kappa shape index (κ3) is 7.77. The Hall–Kier alpha value is -0.720. The normalized spacial score (nSPS) is 11.3. The van der Waals surface area contributed by atoms with E-state index < -0.39 is 0 Å². The lowest BCUT2D eigenvalue weighted by Gasteiger charge is -2.14. The smallest absolute Gasteiger partial charge is 0.191 e. The second kappa shape index (κ2) is 12.1. The van der Waals surface area contributed by atoms with Crippen LogP contribution < -0.4 is 10.6 Å². The van der Waals surface area contributed by atoms with Gasteiger partial charge in [0.15, 0.2) is 5.96 Å². The number of hydrogen-bond acceptors (Lipinski definition) is 1. The maximum atomic E-state index is 4.66. The van der Waals surface area contributed by atoms with Crippen molar-refractivity contribution in [3.8, 4) is 0 Å². The van der Waals surface area contributed by atoms with Crippen LogP contribution in [0.3, 0.4) is 0 Å². The highest BCUT2D eigenvalue weighted by Crippen LogP contribution is 2.06. The van der Waals surface area contributed by atoms with Gasteiger partial charge in [-0.1, -0.05) is 26.7 Å². The molecule has 5 heteroatoms. The number of rotatable bonds is 8. The van der Waals surface area contributed by atoms with E-state index in [1.165, 1.54) is 12.8 Å². The van der Waals surface area contributed by atoms with E-state index in [9.17, 15) is 0 Å². The van der Waals surface area contributed by atoms with Crippen molar-refractivity contribution < 1.29 is 0 Å². The van der Waals surface area contributed by atoms with Gasteiger partial charge in [0.25, 0.3) is 0 Å². The molecule has 0 bridgehead atoms. The lowest BCUT2D eigenvalue weighted by molar-refractivity contribution is 0.503. The number of halogens is 1. The van der Waals surface area contributed by atoms with E-state index in [1.54, 1.807) is 0 Å². The molecule has 0 aliphatic carbocycles. The molecule has 0 spiro atoms. The van der Waals surface area contributed by atoms with Gasteiger partial charge in [-0.05, 0) is 25.0 Å². The van der Waals surface area contributed by atoms with E-state index in [0.717, 1.165) is 32.1 Å². The minimum absolute atomic E-state index is 0. The first-order valence-electron chi connectivity index (χ1n) is 7.43. The second-order valence-corrected chi connectivity index (χ2v) is 4.75. The summed E-state index contributed by atoms with van der Waals surface area (Å²) in [5.74, 6) is 1.63. The predicted molar refractivity (Wildman–Crippen MR) is 97.9 cm³/mol. The Morgan fingerprint density at radius 3 is 2.30 bits per heavy atom. The van der Waals surface area contributed by atoms with Crippen molar-refractivity contribution in [3.63, 3.8) is 0 Å². The summed E-state index contributed by atoms with van der Waals surface area (Å²) in [4.78, 5) is 4.66. The van der Waals surface area contributed by atoms with E-state index in [2.05, 4.69) is 53.4 Å². The van der Waals surface area contributed by atoms with Crippen LogP contribution in [0.1, 0.15) is 33.6 Å². The van der Waals surface area contributed by atoms with Crippen molar-refractivity contribution in [1.82, 2.24) is 15.2 Å². The standard InChI is InChI=1S/C15H28N4.HI/c1-4-14(5-2)13-18-15(16-6-3)17-9-12-19-10-7-8-11-19;/h7-8,10-11,14H,4-6,9,12-13H2,1-3H3,(H2,16,17,18);1H. The summed E-state index contributed by atoms with van der Waals surface area (Å²) in [5.41, 5.74) is 0. The number of nitrogens with zero attached hydrogens (tertiary/aromatic N) is 2. The van der Waals surface area contributed by atoms with Crippen LogP contribution >= 0.6 is 24.0 Å². The summed E-state index contributed by atoms with van der Waals surface area (Å²) in [7, 11) is 0. The molecule has 1 aromatic heterocycles. The van der Waals surface area contributed by atoms with Crippen molar-refractivity contribution >= 4 is 29.9 Å². The average molecular weight is 392 g/mol. The molecule has 4 nitrogen and oxygen atoms in total. The molecule has 0 saturated heterocycles. The molecule has 0 saturated carbocycles. The molecule has 0 fully saturated rings. The first-order chi connectivity index (χ1) is 9.30. The van der Waals surface area contributed by atoms with Gasteiger partial charge in [-0.2, -0.15) is 0 Å². The van der Waals surface area contributed by atoms with Gasteiger partial charge in [-0.15, -0.1) is 24.0 Å². The molecule has 0 atom stereocenters. The van der Waals surface area contributed by atoms with Crippen molar-refractivity contribution in [2.24, 2.45) is 10.9 Å². The van der Waals surface area contributed by atoms with Crippen LogP contribution in [-0.2, 0) is 6.54 Å². The molecule has 0 radical (unpaired) electrons. The van der Waals surface area contributed by atoms with E-state index >= 15 is 0 Å². The Morgan fingerprint density at radius 1 is 1.10 bits per heavy atom. The highest BCUT2D eigenvalue weighted by Gasteiger charge is 2.03. The minimum atomic E-state index is 0. The van der Waals surface area contributed by atoms with Crippen molar-refractivity contribution in [3.05, 3.63) is 24.5 Å². The molecule has 1 heterocycles. The van der Waals surface area contributed by atoms with Crippen molar-refractivity contribution in [1.29, 1.82) is 0 Å². The van der Waals surface area contributed by atoms with E-state index in [0.29, 0.717) is 5.92 Å². The Morgan fingerprint density at radius 2 is 1.75 bits per heavy atom. The van der Waals surface area contributed by atoms with Crippen LogP contribution in [0.15, 0.2) is 29.5 Å². The molecule has 0 aliphatic rings. The molecule has 1 rings (SSSR count). The molecule has 116 valence electrons. The van der Waals surface area contributed by atoms with Gasteiger partial charge in [-0.3, -0.25) is 4.99 Å². The molecule has 0 aliphatic heterocycles. The maximum absolute atomic E-state index is 4.66. The van der Waals surface area contributed by atoms with Gasteiger partial charge in [0.1, 0.15) is 0 Å². The Bertz CT molecular complexity index is 345. The SMILES string of the molecule is CCNC(=NCC(CC)CC)NCCn1cccc1.I. The van der Waals surface area contributed by atoms with Gasteiger partial charge in [0.05, 0.1) is 0 Å². The number of hydrogen-bond donors (Lipinski definition) is 2. The summed E-state index contributed by atoms with van der Waals surface area (Å²) in [6.45, 7) is 10.2. The molecular weight excluding hydrogens is 363 g/mol. The van der Waals surface area contributed by atoms with Gasteiger partial charge < -0.3 is 15.2 Å². The van der Waals surface area contributed by atoms with Crippen LogP contribution in [0.5, 0.6) is 0 Å². The Balaban J connectivity index is 0.00000361. The third-order valence-corrected chi connectivity index (χ3v) is 3.34. The molecule has 2 N–H and O–H groups in total. The minimum Gasteiger partial charge on any atom is -0.357 e. The van der Waals surface area contributed by atoms with E-state index in [-0.39, 0.29) is 24.0 Å². The number of aliphatic imine (C=N–C) groups is 1. The largest absolute Gasteiger partial charge is 0.357 e. The third-order valence-electron chi connectivity index (χ3n) is 3.34. The number of guanidine groups is 1. The zero-order valence-electron chi connectivity index (χ0n) is 12.9. The first-order valence-corrected chi connectivity index (χ1v) is 7.43. The monoisotopic (exact) mass is 392 g/mol. The zero-order valence-corrected chi connectivity index (χ0v) is 15.3. The summed E-state index contributed by atoms with van der Waals surface area (Å²) < 4.78 is 2.16. The quantitative estimate of drug-likeness (QED) is 0.406. The summed E-state index contributed by atoms with van der Waals surface area (Å²) in [6, 6.07) is 4.10. The summed E-state index contributed by atoms with van der Waals surface area (Å²) >= 11 is 0. The Labute approximate surface area is 140 Å². The lowest BCUT2D eigenvalue weighted by atomic mass is 10.0. The van der Waals surface area contributed by atoms with E-state index in [4.69, 9.17) is 0 Å². The lowest BCUT2D eigenvalue weighted by Crippen LogP contribution is -2.39. The van der Waals surface area contributed by atoms with Gasteiger partial charge in [0.2, 0.25) is 0 Å². The topological polar surface area (TPSA) is 41.4 Å². The van der Waals surface area contributed by atoms with Gasteiger partial charge >= 0.3 is 0 Å². The first kappa shape index (κ1) is 19.3. The molecule has 0 aromatic carbocycles. The van der Waals surface area contributed by atoms with Crippen LogP contribution in [0.2, 0.25) is 0 Å². The van der Waals surface area contributed by atoms with E-state index in [1.807, 2.05) is 12.1 Å².